The van der Waals surface area contributed by atoms with Crippen LogP contribution in [0.2, 0.25) is 5.28 Å². The Labute approximate surface area is 200 Å². The molecule has 12 heteroatoms. The van der Waals surface area contributed by atoms with Crippen molar-refractivity contribution in [2.45, 2.75) is 58.5 Å². The lowest BCUT2D eigenvalue weighted by Crippen LogP contribution is -2.48. The first kappa shape index (κ1) is 25.9. The van der Waals surface area contributed by atoms with Crippen molar-refractivity contribution in [3.05, 3.63) is 16.5 Å². The van der Waals surface area contributed by atoms with Gasteiger partial charge in [0.25, 0.3) is 10.1 Å². The molecule has 1 fully saturated rings. The molecule has 1 aromatic rings. The quantitative estimate of drug-likeness (QED) is 0.353. The van der Waals surface area contributed by atoms with Crippen molar-refractivity contribution in [3.63, 3.8) is 0 Å². The maximum absolute atomic E-state index is 12.3. The van der Waals surface area contributed by atoms with Gasteiger partial charge in [0.05, 0.1) is 43.9 Å². The highest BCUT2D eigenvalue weighted by atomic mass is 35.5. The lowest BCUT2D eigenvalue weighted by Gasteiger charge is -2.46. The van der Waals surface area contributed by atoms with Gasteiger partial charge < -0.3 is 14.7 Å². The van der Waals surface area contributed by atoms with Crippen molar-refractivity contribution in [1.29, 1.82) is 0 Å². The van der Waals surface area contributed by atoms with E-state index >= 15 is 0 Å². The average molecular weight is 505 g/mol. The molecule has 0 spiro atoms. The van der Waals surface area contributed by atoms with Gasteiger partial charge in [-0.3, -0.25) is 9.08 Å². The van der Waals surface area contributed by atoms with Crippen LogP contribution in [-0.4, -0.2) is 79.7 Å². The summed E-state index contributed by atoms with van der Waals surface area (Å²) in [5.41, 5.74) is 1.22. The fourth-order valence-electron chi connectivity index (χ4n) is 4.56. The summed E-state index contributed by atoms with van der Waals surface area (Å²) in [6.45, 7) is 10.3. The van der Waals surface area contributed by atoms with E-state index in [0.29, 0.717) is 38.3 Å². The Morgan fingerprint density at radius 3 is 2.61 bits per heavy atom. The van der Waals surface area contributed by atoms with Crippen LogP contribution in [0.25, 0.3) is 0 Å². The van der Waals surface area contributed by atoms with E-state index in [4.69, 9.17) is 20.5 Å². The normalized spacial score (nSPS) is 24.0. The third-order valence-electron chi connectivity index (χ3n) is 6.20. The first-order chi connectivity index (χ1) is 15.3. The van der Waals surface area contributed by atoms with Gasteiger partial charge in [0.2, 0.25) is 5.28 Å². The largest absolute Gasteiger partial charge is 0.465 e. The van der Waals surface area contributed by atoms with Gasteiger partial charge >= 0.3 is 6.09 Å². The molecule has 186 valence electrons. The molecule has 33 heavy (non-hydrogen) atoms. The third kappa shape index (κ3) is 6.06. The summed E-state index contributed by atoms with van der Waals surface area (Å²) in [5.74, 6) is 0.567. The second-order valence-corrected chi connectivity index (χ2v) is 11.8. The summed E-state index contributed by atoms with van der Waals surface area (Å²) in [5, 5.41) is 10.1. The maximum Gasteiger partial charge on any atom is 0.407 e. The first-order valence-corrected chi connectivity index (χ1v) is 13.2. The summed E-state index contributed by atoms with van der Waals surface area (Å²) in [4.78, 5) is 24.9. The topological polar surface area (TPSA) is 122 Å². The first-order valence-electron chi connectivity index (χ1n) is 11.0. The van der Waals surface area contributed by atoms with Crippen molar-refractivity contribution in [2.24, 2.45) is 5.41 Å². The predicted octanol–water partition coefficient (Wildman–Crippen LogP) is 3.28. The highest BCUT2D eigenvalue weighted by molar-refractivity contribution is 7.85. The Morgan fingerprint density at radius 2 is 2.03 bits per heavy atom. The van der Waals surface area contributed by atoms with Gasteiger partial charge in [-0.05, 0) is 36.8 Å². The zero-order valence-electron chi connectivity index (χ0n) is 19.7. The molecule has 3 rings (SSSR count). The van der Waals surface area contributed by atoms with E-state index in [9.17, 15) is 18.3 Å². The zero-order chi connectivity index (χ0) is 24.6. The van der Waals surface area contributed by atoms with Gasteiger partial charge in [-0.25, -0.2) is 14.8 Å². The number of hydrogen-bond acceptors (Lipinski definition) is 8. The van der Waals surface area contributed by atoms with Crippen LogP contribution in [-0.2, 0) is 19.0 Å². The highest BCUT2D eigenvalue weighted by Gasteiger charge is 2.44. The molecule has 0 aliphatic carbocycles. The minimum absolute atomic E-state index is 0.0347. The number of hydrogen-bond donors (Lipinski definition) is 1. The van der Waals surface area contributed by atoms with Crippen molar-refractivity contribution < 1.29 is 27.2 Å². The number of morpholine rings is 1. The van der Waals surface area contributed by atoms with Gasteiger partial charge in [-0.2, -0.15) is 8.42 Å². The number of carboxylic acid groups (broad SMARTS) is 1. The van der Waals surface area contributed by atoms with Crippen molar-refractivity contribution in [3.8, 4) is 0 Å². The number of rotatable bonds is 6. The summed E-state index contributed by atoms with van der Waals surface area (Å²) in [6, 6.07) is -0.511. The van der Waals surface area contributed by atoms with Gasteiger partial charge in [0, 0.05) is 24.6 Å². The van der Waals surface area contributed by atoms with E-state index in [1.165, 1.54) is 4.90 Å². The Bertz CT molecular complexity index is 984. The molecular weight excluding hydrogens is 472 g/mol. The van der Waals surface area contributed by atoms with Gasteiger partial charge in [-0.1, -0.05) is 20.8 Å². The number of aromatic nitrogens is 2. The standard InChI is InChI=1S/C21H33ClN4O6S/c1-13-12-31-10-8-25(13)18-16-14(21(2,3)4)11-26(20(27)28)15(17(16)23-19(22)24-18)7-6-9-32-33(5,29)30/h13-15H,6-12H2,1-5H3,(H,27,28). The van der Waals surface area contributed by atoms with Gasteiger partial charge in [0.15, 0.2) is 0 Å². The monoisotopic (exact) mass is 504 g/mol. The molecule has 3 unspecified atom stereocenters. The van der Waals surface area contributed by atoms with E-state index in [0.717, 1.165) is 17.6 Å². The molecule has 0 bridgehead atoms. The lowest BCUT2D eigenvalue weighted by atomic mass is 9.72. The molecule has 2 aliphatic heterocycles. The fraction of sp³-hybridized carbons (Fsp3) is 0.762. The molecule has 1 N–H and O–H groups in total. The molecule has 0 saturated carbocycles. The van der Waals surface area contributed by atoms with E-state index < -0.39 is 22.3 Å². The highest BCUT2D eigenvalue weighted by Crippen LogP contribution is 2.49. The number of halogens is 1. The number of carbonyl (C=O) groups is 1. The lowest BCUT2D eigenvalue weighted by molar-refractivity contribution is 0.0893. The smallest absolute Gasteiger partial charge is 0.407 e. The van der Waals surface area contributed by atoms with Crippen LogP contribution in [0, 0.1) is 5.41 Å². The van der Waals surface area contributed by atoms with Crippen LogP contribution in [0.3, 0.4) is 0 Å². The number of fused-ring (bicyclic) bond motifs is 1. The molecule has 10 nitrogen and oxygen atoms in total. The van der Waals surface area contributed by atoms with Crippen molar-refractivity contribution in [2.75, 3.05) is 44.1 Å². The molecule has 0 radical (unpaired) electrons. The Morgan fingerprint density at radius 1 is 1.33 bits per heavy atom. The summed E-state index contributed by atoms with van der Waals surface area (Å²) >= 11 is 6.37. The van der Waals surface area contributed by atoms with E-state index in [1.54, 1.807) is 0 Å². The van der Waals surface area contributed by atoms with Crippen LogP contribution < -0.4 is 4.90 Å². The van der Waals surface area contributed by atoms with E-state index in [2.05, 4.69) is 42.6 Å². The molecule has 3 atom stereocenters. The van der Waals surface area contributed by atoms with E-state index in [-0.39, 0.29) is 35.8 Å². The summed E-state index contributed by atoms with van der Waals surface area (Å²) in [7, 11) is -3.57. The Hall–Kier alpha value is -1.69. The maximum atomic E-state index is 12.3. The molecule has 1 saturated heterocycles. The van der Waals surface area contributed by atoms with Crippen LogP contribution in [0.5, 0.6) is 0 Å². The third-order valence-corrected chi connectivity index (χ3v) is 6.96. The predicted molar refractivity (Wildman–Crippen MR) is 124 cm³/mol. The second-order valence-electron chi connectivity index (χ2n) is 9.77. The average Bonchev–Trinajstić information content (AvgIpc) is 2.69. The number of ether oxygens (including phenoxy) is 1. The van der Waals surface area contributed by atoms with Crippen LogP contribution in [0.15, 0.2) is 0 Å². The molecule has 1 amide bonds. The molecule has 2 aliphatic rings. The zero-order valence-corrected chi connectivity index (χ0v) is 21.3. The van der Waals surface area contributed by atoms with Crippen LogP contribution in [0.4, 0.5) is 10.6 Å². The molecular formula is C21H33ClN4O6S. The fourth-order valence-corrected chi connectivity index (χ4v) is 5.15. The Kier molecular flexibility index (Phi) is 7.77. The summed E-state index contributed by atoms with van der Waals surface area (Å²) < 4.78 is 33.1. The van der Waals surface area contributed by atoms with Crippen molar-refractivity contribution >= 4 is 33.6 Å². The summed E-state index contributed by atoms with van der Waals surface area (Å²) in [6.07, 6.45) is 0.617. The Balaban J connectivity index is 2.09. The van der Waals surface area contributed by atoms with Crippen LogP contribution in [0.1, 0.15) is 63.8 Å². The van der Waals surface area contributed by atoms with Crippen molar-refractivity contribution in [1.82, 2.24) is 14.9 Å². The van der Waals surface area contributed by atoms with Gasteiger partial charge in [0.1, 0.15) is 5.82 Å². The van der Waals surface area contributed by atoms with Gasteiger partial charge in [-0.15, -0.1) is 0 Å². The second kappa shape index (κ2) is 9.89. The minimum atomic E-state index is -3.57. The minimum Gasteiger partial charge on any atom is -0.465 e. The number of amides is 1. The van der Waals surface area contributed by atoms with Crippen LogP contribution >= 0.6 is 11.6 Å². The molecule has 0 aromatic carbocycles. The number of anilines is 1. The number of nitrogens with zero attached hydrogens (tertiary/aromatic N) is 4. The molecule has 1 aromatic heterocycles. The SMILES string of the molecule is CC1COCCN1c1nc(Cl)nc2c1C(C(C)(C)C)CN(C(=O)O)C2CCCOS(C)(=O)=O. The molecule has 3 heterocycles. The van der Waals surface area contributed by atoms with E-state index in [1.807, 2.05) is 0 Å².